The molecule has 0 spiro atoms. The maximum Gasteiger partial charge on any atom is 0.290 e. The summed E-state index contributed by atoms with van der Waals surface area (Å²) in [5, 5.41) is 3.81. The second-order valence-electron chi connectivity index (χ2n) is 6.19. The van der Waals surface area contributed by atoms with Gasteiger partial charge in [-0.05, 0) is 50.2 Å². The number of carbonyl (C=O) groups is 2. The van der Waals surface area contributed by atoms with Gasteiger partial charge in [-0.3, -0.25) is 25.2 Å². The highest BCUT2D eigenvalue weighted by Gasteiger charge is 2.18. The second kappa shape index (κ2) is 7.47. The molecule has 2 heterocycles. The van der Waals surface area contributed by atoms with Gasteiger partial charge in [0.05, 0.1) is 5.56 Å². The number of nitrogens with zero attached hydrogens (tertiary/aromatic N) is 3. The molecule has 3 rings (SSSR count). The normalized spacial score (nSPS) is 10.6. The fraction of sp³-hybridized carbons (Fsp3) is 0.158. The van der Waals surface area contributed by atoms with Crippen molar-refractivity contribution in [2.45, 2.75) is 13.8 Å². The first kappa shape index (κ1) is 19.0. The molecule has 9 heteroatoms. The number of nitrogens with one attached hydrogen (secondary N) is 2. The summed E-state index contributed by atoms with van der Waals surface area (Å²) in [4.78, 5) is 35.9. The number of hydrogen-bond acceptors (Lipinski definition) is 4. The summed E-state index contributed by atoms with van der Waals surface area (Å²) in [6.07, 6.45) is 0. The molecule has 0 atom stereocenters. The van der Waals surface area contributed by atoms with Gasteiger partial charge in [0.15, 0.2) is 5.69 Å². The van der Waals surface area contributed by atoms with Crippen LogP contribution in [0.25, 0.3) is 5.69 Å². The van der Waals surface area contributed by atoms with E-state index < -0.39 is 11.8 Å². The molecule has 0 saturated heterocycles. The van der Waals surface area contributed by atoms with Crippen molar-refractivity contribution in [3.05, 3.63) is 81.3 Å². The van der Waals surface area contributed by atoms with Crippen LogP contribution in [0.1, 0.15) is 32.2 Å². The van der Waals surface area contributed by atoms with Gasteiger partial charge in [-0.1, -0.05) is 0 Å². The van der Waals surface area contributed by atoms with Gasteiger partial charge in [-0.2, -0.15) is 5.10 Å². The predicted octanol–water partition coefficient (Wildman–Crippen LogP) is 1.40. The average Bonchev–Trinajstić information content (AvgIpc) is 2.97. The van der Waals surface area contributed by atoms with E-state index in [4.69, 9.17) is 0 Å². The topological polar surface area (TPSA) is 98.0 Å². The minimum absolute atomic E-state index is 0.0146. The first-order valence-corrected chi connectivity index (χ1v) is 8.38. The lowest BCUT2D eigenvalue weighted by atomic mass is 10.2. The van der Waals surface area contributed by atoms with E-state index in [-0.39, 0.29) is 17.1 Å². The lowest BCUT2D eigenvalue weighted by Crippen LogP contribution is -2.42. The van der Waals surface area contributed by atoms with Gasteiger partial charge in [0, 0.05) is 30.2 Å². The smallest absolute Gasteiger partial charge is 0.290 e. The van der Waals surface area contributed by atoms with E-state index >= 15 is 0 Å². The van der Waals surface area contributed by atoms with Crippen molar-refractivity contribution < 1.29 is 14.0 Å². The first-order chi connectivity index (χ1) is 13.3. The summed E-state index contributed by atoms with van der Waals surface area (Å²) in [5.41, 5.74) is 6.73. The third-order valence-electron chi connectivity index (χ3n) is 4.24. The Balaban J connectivity index is 1.77. The molecule has 144 valence electrons. The van der Waals surface area contributed by atoms with Crippen LogP contribution in [-0.4, -0.2) is 26.2 Å². The SMILES string of the molecule is Cc1cc(C(=O)NNC(=O)c2ccc(=O)n(C)n2)c(C)n1-c1ccc(F)cc1. The number of rotatable bonds is 3. The number of hydrazine groups is 1. The van der Waals surface area contributed by atoms with Crippen LogP contribution in [0.4, 0.5) is 4.39 Å². The van der Waals surface area contributed by atoms with Crippen LogP contribution < -0.4 is 16.4 Å². The summed E-state index contributed by atoms with van der Waals surface area (Å²) in [6.45, 7) is 3.57. The van der Waals surface area contributed by atoms with E-state index in [1.807, 2.05) is 11.5 Å². The largest absolute Gasteiger partial charge is 0.318 e. The second-order valence-corrected chi connectivity index (χ2v) is 6.19. The standard InChI is InChI=1S/C19H18FN5O3/c1-11-10-15(12(2)25(11)14-6-4-13(20)5-7-14)18(27)21-22-19(28)16-8-9-17(26)24(3)23-16/h4-10H,1-3H3,(H,21,27)(H,22,28). The molecule has 0 radical (unpaired) electrons. The van der Waals surface area contributed by atoms with Gasteiger partial charge < -0.3 is 4.57 Å². The molecule has 8 nitrogen and oxygen atoms in total. The molecule has 28 heavy (non-hydrogen) atoms. The van der Waals surface area contributed by atoms with Crippen LogP contribution in [0.5, 0.6) is 0 Å². The quantitative estimate of drug-likeness (QED) is 0.668. The highest BCUT2D eigenvalue weighted by atomic mass is 19.1. The Morgan fingerprint density at radius 3 is 2.29 bits per heavy atom. The zero-order valence-electron chi connectivity index (χ0n) is 15.5. The fourth-order valence-electron chi connectivity index (χ4n) is 2.85. The van der Waals surface area contributed by atoms with Gasteiger partial charge in [-0.25, -0.2) is 9.07 Å². The molecular formula is C19H18FN5O3. The number of aryl methyl sites for hydroxylation is 2. The Hall–Kier alpha value is -3.75. The van der Waals surface area contributed by atoms with Crippen LogP contribution >= 0.6 is 0 Å². The van der Waals surface area contributed by atoms with Crippen molar-refractivity contribution in [3.8, 4) is 5.69 Å². The molecule has 0 fully saturated rings. The van der Waals surface area contributed by atoms with E-state index in [1.165, 1.54) is 31.3 Å². The summed E-state index contributed by atoms with van der Waals surface area (Å²) >= 11 is 0. The maximum absolute atomic E-state index is 13.2. The van der Waals surface area contributed by atoms with E-state index in [9.17, 15) is 18.8 Å². The van der Waals surface area contributed by atoms with Gasteiger partial charge in [0.25, 0.3) is 17.4 Å². The van der Waals surface area contributed by atoms with E-state index in [0.29, 0.717) is 16.9 Å². The number of benzene rings is 1. The van der Waals surface area contributed by atoms with E-state index in [2.05, 4.69) is 16.0 Å². The van der Waals surface area contributed by atoms with Crippen molar-refractivity contribution >= 4 is 11.8 Å². The molecule has 3 aromatic rings. The number of halogens is 1. The third-order valence-corrected chi connectivity index (χ3v) is 4.24. The number of amides is 2. The lowest BCUT2D eigenvalue weighted by molar-refractivity contribution is 0.0842. The Labute approximate surface area is 159 Å². The first-order valence-electron chi connectivity index (χ1n) is 8.38. The Kier molecular flexibility index (Phi) is 5.08. The molecule has 1 aromatic carbocycles. The average molecular weight is 383 g/mol. The number of aromatic nitrogens is 3. The van der Waals surface area contributed by atoms with E-state index in [1.54, 1.807) is 25.1 Å². The molecule has 0 aliphatic rings. The molecule has 0 saturated carbocycles. The van der Waals surface area contributed by atoms with Gasteiger partial charge in [0.1, 0.15) is 5.82 Å². The fourth-order valence-corrected chi connectivity index (χ4v) is 2.85. The van der Waals surface area contributed by atoms with Crippen molar-refractivity contribution in [1.82, 2.24) is 25.2 Å². The van der Waals surface area contributed by atoms with Crippen LogP contribution in [-0.2, 0) is 7.05 Å². The molecule has 2 aromatic heterocycles. The zero-order valence-corrected chi connectivity index (χ0v) is 15.5. The monoisotopic (exact) mass is 383 g/mol. The van der Waals surface area contributed by atoms with Crippen LogP contribution in [0.15, 0.2) is 47.3 Å². The van der Waals surface area contributed by atoms with Gasteiger partial charge >= 0.3 is 0 Å². The highest BCUT2D eigenvalue weighted by Crippen LogP contribution is 2.21. The van der Waals surface area contributed by atoms with Crippen LogP contribution in [0, 0.1) is 19.7 Å². The number of carbonyl (C=O) groups excluding carboxylic acids is 2. The lowest BCUT2D eigenvalue weighted by Gasteiger charge is -2.10. The highest BCUT2D eigenvalue weighted by molar-refractivity contribution is 5.99. The maximum atomic E-state index is 13.2. The molecule has 0 bridgehead atoms. The molecule has 2 N–H and O–H groups in total. The minimum Gasteiger partial charge on any atom is -0.318 e. The van der Waals surface area contributed by atoms with Crippen molar-refractivity contribution in [1.29, 1.82) is 0 Å². The van der Waals surface area contributed by atoms with Crippen molar-refractivity contribution in [2.75, 3.05) is 0 Å². The zero-order chi connectivity index (χ0) is 20.4. The van der Waals surface area contributed by atoms with Crippen molar-refractivity contribution in [2.24, 2.45) is 7.05 Å². The van der Waals surface area contributed by atoms with Crippen molar-refractivity contribution in [3.63, 3.8) is 0 Å². The Bertz CT molecular complexity index is 1120. The summed E-state index contributed by atoms with van der Waals surface area (Å²) in [7, 11) is 1.42. The van der Waals surface area contributed by atoms with Crippen LogP contribution in [0.3, 0.4) is 0 Å². The van der Waals surface area contributed by atoms with Gasteiger partial charge in [0.2, 0.25) is 0 Å². The summed E-state index contributed by atoms with van der Waals surface area (Å²) < 4.78 is 16.0. The molecule has 0 aliphatic carbocycles. The minimum atomic E-state index is -0.656. The molecule has 2 amide bonds. The van der Waals surface area contributed by atoms with Crippen LogP contribution in [0.2, 0.25) is 0 Å². The molecule has 0 aliphatic heterocycles. The predicted molar refractivity (Wildman–Crippen MR) is 99.6 cm³/mol. The van der Waals surface area contributed by atoms with Gasteiger partial charge in [-0.15, -0.1) is 0 Å². The number of hydrogen-bond donors (Lipinski definition) is 2. The summed E-state index contributed by atoms with van der Waals surface area (Å²) in [5.74, 6) is -1.52. The Morgan fingerprint density at radius 2 is 1.64 bits per heavy atom. The van der Waals surface area contributed by atoms with E-state index in [0.717, 1.165) is 10.4 Å². The summed E-state index contributed by atoms with van der Waals surface area (Å²) in [6, 6.07) is 10.1. The Morgan fingerprint density at radius 1 is 1.00 bits per heavy atom. The molecular weight excluding hydrogens is 365 g/mol. The third kappa shape index (κ3) is 3.68. The molecule has 0 unspecified atom stereocenters.